The van der Waals surface area contributed by atoms with Gasteiger partial charge in [0.1, 0.15) is 5.82 Å². The van der Waals surface area contributed by atoms with Crippen molar-refractivity contribution < 1.29 is 4.39 Å². The number of nitrogens with zero attached hydrogens (tertiary/aromatic N) is 1. The van der Waals surface area contributed by atoms with Gasteiger partial charge in [0.25, 0.3) is 0 Å². The zero-order valence-electron chi connectivity index (χ0n) is 8.21. The maximum atomic E-state index is 13.4. The van der Waals surface area contributed by atoms with Gasteiger partial charge in [0.2, 0.25) is 0 Å². The molecule has 0 aliphatic heterocycles. The van der Waals surface area contributed by atoms with Crippen LogP contribution in [0.4, 0.5) is 4.39 Å². The molecule has 0 bridgehead atoms. The second kappa shape index (κ2) is 5.72. The van der Waals surface area contributed by atoms with Crippen LogP contribution in [0.15, 0.2) is 23.2 Å². The van der Waals surface area contributed by atoms with Gasteiger partial charge in [-0.3, -0.25) is 5.41 Å². The van der Waals surface area contributed by atoms with Crippen molar-refractivity contribution in [2.45, 2.75) is 5.75 Å². The van der Waals surface area contributed by atoms with E-state index in [1.165, 1.54) is 6.07 Å². The number of thioether (sulfide) groups is 1. The maximum Gasteiger partial charge on any atom is 0.193 e. The Hall–Kier alpha value is -1.27. The van der Waals surface area contributed by atoms with Gasteiger partial charge in [0, 0.05) is 5.75 Å². The average molecular weight is 261 g/mol. The lowest BCUT2D eigenvalue weighted by Crippen LogP contribution is -2.23. The third-order valence-corrected chi connectivity index (χ3v) is 2.74. The van der Waals surface area contributed by atoms with Gasteiger partial charge in [-0.15, -0.1) is 0 Å². The summed E-state index contributed by atoms with van der Waals surface area (Å²) in [5, 5.41) is 7.34. The Balaban J connectivity index is 2.65. The van der Waals surface area contributed by atoms with E-state index in [4.69, 9.17) is 28.5 Å². The molecule has 1 rings (SSSR count). The first-order valence-electron chi connectivity index (χ1n) is 4.24. The highest BCUT2D eigenvalue weighted by Crippen LogP contribution is 2.22. The Morgan fingerprint density at radius 2 is 2.19 bits per heavy atom. The minimum Gasteiger partial charge on any atom is -0.370 e. The van der Waals surface area contributed by atoms with E-state index in [0.717, 1.165) is 11.8 Å². The molecule has 7 heteroatoms. The summed E-state index contributed by atoms with van der Waals surface area (Å²) >= 11 is 6.63. The van der Waals surface area contributed by atoms with Gasteiger partial charge >= 0.3 is 0 Å². The molecule has 0 aliphatic carbocycles. The van der Waals surface area contributed by atoms with Crippen molar-refractivity contribution in [3.63, 3.8) is 0 Å². The molecule has 5 N–H and O–H groups in total. The van der Waals surface area contributed by atoms with Crippen LogP contribution in [0, 0.1) is 11.2 Å². The largest absolute Gasteiger partial charge is 0.370 e. The molecule has 0 heterocycles. The molecule has 0 amide bonds. The minimum absolute atomic E-state index is 0.0615. The number of rotatable bonds is 2. The second-order valence-corrected chi connectivity index (χ2v) is 4.21. The summed E-state index contributed by atoms with van der Waals surface area (Å²) in [5.41, 5.74) is 10.6. The van der Waals surface area contributed by atoms with Gasteiger partial charge in [0.05, 0.1) is 5.02 Å². The standard InChI is InChI=1S/C9H10ClFN4S/c10-6-3-1-2-5(7(6)11)4-16-9(14)15-8(12)13/h1-3H,4H2,(H5,12,13,14,15). The molecule has 86 valence electrons. The molecule has 16 heavy (non-hydrogen) atoms. The van der Waals surface area contributed by atoms with Crippen LogP contribution >= 0.6 is 23.4 Å². The molecule has 0 saturated heterocycles. The summed E-state index contributed by atoms with van der Waals surface area (Å²) in [4.78, 5) is 3.51. The molecule has 1 aromatic carbocycles. The van der Waals surface area contributed by atoms with Crippen LogP contribution in [0.1, 0.15) is 5.56 Å². The van der Waals surface area contributed by atoms with E-state index in [1.807, 2.05) is 0 Å². The fourth-order valence-corrected chi connectivity index (χ4v) is 1.83. The minimum atomic E-state index is -0.478. The predicted octanol–water partition coefficient (Wildman–Crippen LogP) is 1.92. The fourth-order valence-electron chi connectivity index (χ4n) is 0.956. The number of hydrogen-bond acceptors (Lipinski definition) is 2. The van der Waals surface area contributed by atoms with E-state index in [2.05, 4.69) is 4.99 Å². The molecule has 0 fully saturated rings. The van der Waals surface area contributed by atoms with Gasteiger partial charge in [-0.1, -0.05) is 35.5 Å². The monoisotopic (exact) mass is 260 g/mol. The molecule has 1 aromatic rings. The van der Waals surface area contributed by atoms with Gasteiger partial charge < -0.3 is 11.5 Å². The molecule has 0 saturated carbocycles. The fraction of sp³-hybridized carbons (Fsp3) is 0.111. The number of guanidine groups is 1. The summed E-state index contributed by atoms with van der Waals surface area (Å²) in [5.74, 6) is -0.416. The van der Waals surface area contributed by atoms with Crippen LogP contribution in [0.5, 0.6) is 0 Å². The van der Waals surface area contributed by atoms with Crippen LogP contribution in [-0.4, -0.2) is 11.1 Å². The Morgan fingerprint density at radius 1 is 1.50 bits per heavy atom. The van der Waals surface area contributed by atoms with Crippen molar-refractivity contribution in [1.82, 2.24) is 0 Å². The van der Waals surface area contributed by atoms with Crippen molar-refractivity contribution in [3.8, 4) is 0 Å². The highest BCUT2D eigenvalue weighted by Gasteiger charge is 2.07. The second-order valence-electron chi connectivity index (χ2n) is 2.84. The molecular weight excluding hydrogens is 251 g/mol. The van der Waals surface area contributed by atoms with Crippen LogP contribution in [0.3, 0.4) is 0 Å². The first-order valence-corrected chi connectivity index (χ1v) is 5.61. The van der Waals surface area contributed by atoms with Gasteiger partial charge in [0.15, 0.2) is 11.1 Å². The normalized spacial score (nSPS) is 9.88. The van der Waals surface area contributed by atoms with Gasteiger partial charge in [-0.25, -0.2) is 4.39 Å². The number of aliphatic imine (C=N–C) groups is 1. The van der Waals surface area contributed by atoms with E-state index in [0.29, 0.717) is 5.56 Å². The van der Waals surface area contributed by atoms with Crippen LogP contribution < -0.4 is 11.5 Å². The van der Waals surface area contributed by atoms with E-state index in [9.17, 15) is 4.39 Å². The molecule has 0 unspecified atom stereocenters. The number of halogens is 2. The SMILES string of the molecule is N=C(N=C(N)N)SCc1cccc(Cl)c1F. The summed E-state index contributed by atoms with van der Waals surface area (Å²) in [6.07, 6.45) is 0. The van der Waals surface area contributed by atoms with E-state index in [-0.39, 0.29) is 21.9 Å². The Labute approximate surface area is 101 Å². The molecular formula is C9H10ClFN4S. The number of nitrogens with one attached hydrogen (secondary N) is 1. The Bertz CT molecular complexity index is 432. The topological polar surface area (TPSA) is 88.2 Å². The highest BCUT2D eigenvalue weighted by molar-refractivity contribution is 8.13. The van der Waals surface area contributed by atoms with Crippen molar-refractivity contribution in [2.75, 3.05) is 0 Å². The quantitative estimate of drug-likeness (QED) is 0.561. The van der Waals surface area contributed by atoms with Crippen LogP contribution in [0.2, 0.25) is 5.02 Å². The van der Waals surface area contributed by atoms with Crippen LogP contribution in [0.25, 0.3) is 0 Å². The summed E-state index contributed by atoms with van der Waals surface area (Å²) < 4.78 is 13.4. The van der Waals surface area contributed by atoms with Crippen molar-refractivity contribution in [1.29, 1.82) is 5.41 Å². The zero-order valence-corrected chi connectivity index (χ0v) is 9.78. The molecule has 0 atom stereocenters. The van der Waals surface area contributed by atoms with Crippen molar-refractivity contribution in [2.24, 2.45) is 16.5 Å². The number of benzene rings is 1. The smallest absolute Gasteiger partial charge is 0.193 e. The lowest BCUT2D eigenvalue weighted by atomic mass is 10.2. The number of hydrogen-bond donors (Lipinski definition) is 3. The third kappa shape index (κ3) is 3.71. The first kappa shape index (κ1) is 12.8. The highest BCUT2D eigenvalue weighted by atomic mass is 35.5. The van der Waals surface area contributed by atoms with Crippen molar-refractivity contribution in [3.05, 3.63) is 34.6 Å². The summed E-state index contributed by atoms with van der Waals surface area (Å²) in [6, 6.07) is 4.70. The summed E-state index contributed by atoms with van der Waals surface area (Å²) in [7, 11) is 0. The lowest BCUT2D eigenvalue weighted by molar-refractivity contribution is 0.618. The van der Waals surface area contributed by atoms with E-state index in [1.54, 1.807) is 12.1 Å². The zero-order chi connectivity index (χ0) is 12.1. The predicted molar refractivity (Wildman–Crippen MR) is 66.2 cm³/mol. The molecule has 0 aromatic heterocycles. The van der Waals surface area contributed by atoms with E-state index < -0.39 is 5.82 Å². The Kier molecular flexibility index (Phi) is 4.57. The molecule has 4 nitrogen and oxygen atoms in total. The molecule has 0 radical (unpaired) electrons. The lowest BCUT2D eigenvalue weighted by Gasteiger charge is -2.03. The number of nitrogens with two attached hydrogens (primary N) is 2. The number of amidine groups is 1. The Morgan fingerprint density at radius 3 is 2.81 bits per heavy atom. The van der Waals surface area contributed by atoms with Gasteiger partial charge in [-0.05, 0) is 11.6 Å². The average Bonchev–Trinajstić information content (AvgIpc) is 2.19. The van der Waals surface area contributed by atoms with Crippen LogP contribution in [-0.2, 0) is 5.75 Å². The third-order valence-electron chi connectivity index (χ3n) is 1.63. The molecule has 0 spiro atoms. The molecule has 0 aliphatic rings. The maximum absolute atomic E-state index is 13.4. The van der Waals surface area contributed by atoms with Gasteiger partial charge in [-0.2, -0.15) is 4.99 Å². The first-order chi connectivity index (χ1) is 7.50. The van der Waals surface area contributed by atoms with Crippen molar-refractivity contribution >= 4 is 34.5 Å². The summed E-state index contributed by atoms with van der Waals surface area (Å²) in [6.45, 7) is 0. The van der Waals surface area contributed by atoms with E-state index >= 15 is 0 Å².